The van der Waals surface area contributed by atoms with Gasteiger partial charge in [-0.05, 0) is 31.1 Å². The minimum Gasteiger partial charge on any atom is -0.463 e. The van der Waals surface area contributed by atoms with Crippen molar-refractivity contribution in [2.24, 2.45) is 11.8 Å². The van der Waals surface area contributed by atoms with E-state index in [1.807, 2.05) is 6.92 Å². The Bertz CT molecular complexity index is 429. The highest BCUT2D eigenvalue weighted by atomic mass is 16.5. The highest BCUT2D eigenvalue weighted by molar-refractivity contribution is 5.32. The maximum atomic E-state index is 9.31. The fourth-order valence-corrected chi connectivity index (χ4v) is 2.55. The molecule has 0 aliphatic heterocycles. The van der Waals surface area contributed by atoms with Gasteiger partial charge in [-0.25, -0.2) is 0 Å². The molecule has 1 aromatic heterocycles. The topological polar surface area (TPSA) is 106 Å². The molecule has 0 amide bonds. The zero-order valence-electron chi connectivity index (χ0n) is 11.9. The Labute approximate surface area is 119 Å². The number of nitrogens with two attached hydrogens (primary N) is 1. The van der Waals surface area contributed by atoms with E-state index in [1.54, 1.807) is 0 Å². The number of nitrogens with one attached hydrogen (secondary N) is 1. The lowest BCUT2D eigenvalue weighted by Gasteiger charge is -2.17. The predicted molar refractivity (Wildman–Crippen MR) is 76.4 cm³/mol. The lowest BCUT2D eigenvalue weighted by Crippen LogP contribution is -2.22. The largest absolute Gasteiger partial charge is 0.463 e. The second kappa shape index (κ2) is 7.23. The summed E-state index contributed by atoms with van der Waals surface area (Å²) in [7, 11) is 0. The molecule has 20 heavy (non-hydrogen) atoms. The molecule has 2 atom stereocenters. The second-order valence-corrected chi connectivity index (χ2v) is 5.16. The van der Waals surface area contributed by atoms with Gasteiger partial charge in [0.15, 0.2) is 0 Å². The summed E-state index contributed by atoms with van der Waals surface area (Å²) in [5.74, 6) is 1.42. The van der Waals surface area contributed by atoms with Crippen molar-refractivity contribution >= 4 is 11.9 Å². The summed E-state index contributed by atoms with van der Waals surface area (Å²) >= 11 is 0. The van der Waals surface area contributed by atoms with Crippen LogP contribution in [0.5, 0.6) is 6.01 Å². The average Bonchev–Trinajstić information content (AvgIpc) is 2.90. The van der Waals surface area contributed by atoms with Gasteiger partial charge in [0, 0.05) is 13.2 Å². The molecule has 1 aliphatic carbocycles. The molecule has 112 valence electrons. The molecular weight excluding hydrogens is 258 g/mol. The molecule has 0 aromatic carbocycles. The molecule has 1 aromatic rings. The van der Waals surface area contributed by atoms with Gasteiger partial charge in [0.25, 0.3) is 0 Å². The van der Waals surface area contributed by atoms with Crippen LogP contribution in [0.25, 0.3) is 0 Å². The van der Waals surface area contributed by atoms with Crippen molar-refractivity contribution in [1.82, 2.24) is 15.0 Å². The summed E-state index contributed by atoms with van der Waals surface area (Å²) in [6.07, 6.45) is 4.27. The van der Waals surface area contributed by atoms with Crippen molar-refractivity contribution in [1.29, 1.82) is 0 Å². The van der Waals surface area contributed by atoms with Crippen LogP contribution in [0.2, 0.25) is 0 Å². The molecule has 0 saturated heterocycles. The summed E-state index contributed by atoms with van der Waals surface area (Å²) < 4.78 is 5.37. The third-order valence-corrected chi connectivity index (χ3v) is 3.64. The Balaban J connectivity index is 1.93. The molecule has 2 unspecified atom stereocenters. The van der Waals surface area contributed by atoms with E-state index in [2.05, 4.69) is 20.3 Å². The number of hydrogen-bond donors (Lipinski definition) is 3. The average molecular weight is 281 g/mol. The van der Waals surface area contributed by atoms with E-state index in [-0.39, 0.29) is 18.6 Å². The molecule has 1 aliphatic rings. The number of aliphatic hydroxyl groups is 1. The highest BCUT2D eigenvalue weighted by Gasteiger charge is 2.26. The van der Waals surface area contributed by atoms with Gasteiger partial charge < -0.3 is 20.9 Å². The summed E-state index contributed by atoms with van der Waals surface area (Å²) in [5.41, 5.74) is 5.65. The fraction of sp³-hybridized carbons (Fsp3) is 0.769. The maximum Gasteiger partial charge on any atom is 0.323 e. The van der Waals surface area contributed by atoms with Crippen LogP contribution in [0.3, 0.4) is 0 Å². The molecule has 0 bridgehead atoms. The van der Waals surface area contributed by atoms with Crippen LogP contribution < -0.4 is 15.8 Å². The summed E-state index contributed by atoms with van der Waals surface area (Å²) in [4.78, 5) is 12.2. The summed E-state index contributed by atoms with van der Waals surface area (Å²) in [5, 5.41) is 12.5. The minimum absolute atomic E-state index is 0.152. The molecule has 7 heteroatoms. The van der Waals surface area contributed by atoms with Gasteiger partial charge in [0.1, 0.15) is 0 Å². The monoisotopic (exact) mass is 281 g/mol. The lowest BCUT2D eigenvalue weighted by atomic mass is 9.97. The standard InChI is InChI=1S/C13H23N5O2/c1-2-6-20-13-17-11(14)16-12(18-13)15-7-9-4-3-5-10(9)8-19/h9-10,19H,2-8H2,1H3,(H3,14,15,16,17,18). The first-order chi connectivity index (χ1) is 9.72. The molecule has 7 nitrogen and oxygen atoms in total. The van der Waals surface area contributed by atoms with Gasteiger partial charge in [-0.3, -0.25) is 0 Å². The Morgan fingerprint density at radius 3 is 2.85 bits per heavy atom. The van der Waals surface area contributed by atoms with Gasteiger partial charge in [0.05, 0.1) is 6.61 Å². The van der Waals surface area contributed by atoms with E-state index in [0.717, 1.165) is 25.8 Å². The first kappa shape index (κ1) is 14.8. The van der Waals surface area contributed by atoms with Crippen molar-refractivity contribution in [3.05, 3.63) is 0 Å². The van der Waals surface area contributed by atoms with Crippen LogP contribution in [0, 0.1) is 11.8 Å². The molecule has 4 N–H and O–H groups in total. The third-order valence-electron chi connectivity index (χ3n) is 3.64. The van der Waals surface area contributed by atoms with Crippen molar-refractivity contribution in [2.75, 3.05) is 30.8 Å². The van der Waals surface area contributed by atoms with E-state index in [0.29, 0.717) is 24.4 Å². The van der Waals surface area contributed by atoms with Crippen molar-refractivity contribution in [2.45, 2.75) is 32.6 Å². The Morgan fingerprint density at radius 2 is 2.10 bits per heavy atom. The van der Waals surface area contributed by atoms with E-state index in [9.17, 15) is 5.11 Å². The van der Waals surface area contributed by atoms with Crippen LogP contribution in [0.15, 0.2) is 0 Å². The number of ether oxygens (including phenoxy) is 1. The number of aliphatic hydroxyl groups excluding tert-OH is 1. The zero-order chi connectivity index (χ0) is 14.4. The van der Waals surface area contributed by atoms with E-state index in [4.69, 9.17) is 10.5 Å². The van der Waals surface area contributed by atoms with Crippen molar-refractivity contribution in [3.8, 4) is 6.01 Å². The van der Waals surface area contributed by atoms with E-state index in [1.165, 1.54) is 6.42 Å². The number of anilines is 2. The number of nitrogen functional groups attached to an aromatic ring is 1. The maximum absolute atomic E-state index is 9.31. The van der Waals surface area contributed by atoms with Crippen molar-refractivity contribution < 1.29 is 9.84 Å². The first-order valence-electron chi connectivity index (χ1n) is 7.22. The van der Waals surface area contributed by atoms with Gasteiger partial charge in [0.2, 0.25) is 11.9 Å². The second-order valence-electron chi connectivity index (χ2n) is 5.16. The molecule has 1 saturated carbocycles. The number of hydrogen-bond acceptors (Lipinski definition) is 7. The van der Waals surface area contributed by atoms with Crippen LogP contribution in [-0.2, 0) is 0 Å². The Kier molecular flexibility index (Phi) is 5.34. The van der Waals surface area contributed by atoms with E-state index < -0.39 is 0 Å². The van der Waals surface area contributed by atoms with Crippen LogP contribution in [0.4, 0.5) is 11.9 Å². The lowest BCUT2D eigenvalue weighted by molar-refractivity contribution is 0.198. The van der Waals surface area contributed by atoms with Crippen LogP contribution in [0.1, 0.15) is 32.6 Å². The normalized spacial score (nSPS) is 21.9. The smallest absolute Gasteiger partial charge is 0.323 e. The van der Waals surface area contributed by atoms with Crippen LogP contribution >= 0.6 is 0 Å². The Hall–Kier alpha value is -1.63. The summed E-state index contributed by atoms with van der Waals surface area (Å²) in [6.45, 7) is 3.55. The molecule has 1 fully saturated rings. The van der Waals surface area contributed by atoms with Gasteiger partial charge in [-0.15, -0.1) is 0 Å². The Morgan fingerprint density at radius 1 is 1.30 bits per heavy atom. The van der Waals surface area contributed by atoms with Gasteiger partial charge in [-0.1, -0.05) is 13.3 Å². The predicted octanol–water partition coefficient (Wildman–Crippen LogP) is 1.06. The highest BCUT2D eigenvalue weighted by Crippen LogP contribution is 2.31. The molecule has 1 heterocycles. The SMILES string of the molecule is CCCOc1nc(N)nc(NCC2CCCC2CO)n1. The number of rotatable bonds is 7. The fourth-order valence-electron chi connectivity index (χ4n) is 2.55. The number of aromatic nitrogens is 3. The molecule has 2 rings (SSSR count). The van der Waals surface area contributed by atoms with Gasteiger partial charge >= 0.3 is 6.01 Å². The molecular formula is C13H23N5O2. The van der Waals surface area contributed by atoms with E-state index >= 15 is 0 Å². The zero-order valence-corrected chi connectivity index (χ0v) is 11.9. The van der Waals surface area contributed by atoms with Crippen molar-refractivity contribution in [3.63, 3.8) is 0 Å². The third kappa shape index (κ3) is 3.93. The number of nitrogens with zero attached hydrogens (tertiary/aromatic N) is 3. The molecule has 0 radical (unpaired) electrons. The molecule has 0 spiro atoms. The minimum atomic E-state index is 0.152. The summed E-state index contributed by atoms with van der Waals surface area (Å²) in [6, 6.07) is 0.256. The van der Waals surface area contributed by atoms with Crippen LogP contribution in [-0.4, -0.2) is 39.8 Å². The first-order valence-corrected chi connectivity index (χ1v) is 7.22. The quantitative estimate of drug-likeness (QED) is 0.686. The van der Waals surface area contributed by atoms with Gasteiger partial charge in [-0.2, -0.15) is 15.0 Å².